The Bertz CT molecular complexity index is 731. The summed E-state index contributed by atoms with van der Waals surface area (Å²) in [4.78, 5) is 23.6. The summed E-state index contributed by atoms with van der Waals surface area (Å²) in [5.74, 6) is -1.35. The Morgan fingerprint density at radius 1 is 1.39 bits per heavy atom. The van der Waals surface area contributed by atoms with Crippen LogP contribution >= 0.6 is 0 Å². The molecule has 126 valence electrons. The third-order valence-electron chi connectivity index (χ3n) is 3.57. The van der Waals surface area contributed by atoms with Crippen LogP contribution in [0.15, 0.2) is 18.2 Å². The molecule has 1 aromatic carbocycles. The minimum Gasteiger partial charge on any atom is -0.480 e. The third kappa shape index (κ3) is 4.51. The Balaban J connectivity index is 2.03. The van der Waals surface area contributed by atoms with Crippen molar-refractivity contribution in [3.63, 3.8) is 0 Å². The number of carbonyl (C=O) groups excluding carboxylic acids is 2. The summed E-state index contributed by atoms with van der Waals surface area (Å²) >= 11 is 0. The van der Waals surface area contributed by atoms with Crippen LogP contribution in [-0.2, 0) is 14.6 Å². The van der Waals surface area contributed by atoms with E-state index in [2.05, 4.69) is 5.32 Å². The molecule has 1 N–H and O–H groups in total. The number of amides is 1. The van der Waals surface area contributed by atoms with E-state index in [1.807, 2.05) is 0 Å². The van der Waals surface area contributed by atoms with Crippen molar-refractivity contribution in [2.24, 2.45) is 0 Å². The van der Waals surface area contributed by atoms with Crippen LogP contribution in [0.4, 0.5) is 4.39 Å². The number of rotatable bonds is 5. The number of ether oxygens (including phenoxy) is 1. The molecule has 1 aliphatic rings. The second kappa shape index (κ2) is 6.66. The van der Waals surface area contributed by atoms with E-state index in [9.17, 15) is 22.4 Å². The smallest absolute Gasteiger partial charge is 0.261 e. The van der Waals surface area contributed by atoms with Crippen LogP contribution in [0.5, 0.6) is 5.75 Å². The van der Waals surface area contributed by atoms with Crippen LogP contribution < -0.4 is 10.1 Å². The molecule has 0 bridgehead atoms. The lowest BCUT2D eigenvalue weighted by molar-refractivity contribution is -0.127. The molecule has 23 heavy (non-hydrogen) atoms. The van der Waals surface area contributed by atoms with E-state index in [-0.39, 0.29) is 28.6 Å². The molecule has 0 spiro atoms. The van der Waals surface area contributed by atoms with Gasteiger partial charge in [-0.25, -0.2) is 12.8 Å². The summed E-state index contributed by atoms with van der Waals surface area (Å²) < 4.78 is 41.4. The standard InChI is InChI=1S/C15H18FNO5S/c1-9(18)13-7-11(16)3-4-14(13)22-10(2)15(19)17-12-5-6-23(20,21)8-12/h3-4,7,10,12H,5-6,8H2,1-2H3,(H,17,19)/t10-,12+/m0/s1. The predicted octanol–water partition coefficient (Wildman–Crippen LogP) is 1.10. The minimum atomic E-state index is -3.09. The van der Waals surface area contributed by atoms with Crippen molar-refractivity contribution < 1.29 is 27.1 Å². The molecule has 1 saturated heterocycles. The monoisotopic (exact) mass is 343 g/mol. The van der Waals surface area contributed by atoms with Gasteiger partial charge in [0.25, 0.3) is 5.91 Å². The van der Waals surface area contributed by atoms with Gasteiger partial charge in [0.15, 0.2) is 21.7 Å². The highest BCUT2D eigenvalue weighted by Crippen LogP contribution is 2.22. The molecule has 1 aromatic rings. The molecule has 0 saturated carbocycles. The van der Waals surface area contributed by atoms with Crippen molar-refractivity contribution >= 4 is 21.5 Å². The van der Waals surface area contributed by atoms with Crippen molar-refractivity contribution in [3.8, 4) is 5.75 Å². The average Bonchev–Trinajstić information content (AvgIpc) is 2.79. The SMILES string of the molecule is CC(=O)c1cc(F)ccc1O[C@@H](C)C(=O)N[C@@H]1CCS(=O)(=O)C1. The van der Waals surface area contributed by atoms with Gasteiger partial charge in [0.2, 0.25) is 0 Å². The second-order valence-corrected chi connectivity index (χ2v) is 7.79. The molecule has 0 aromatic heterocycles. The van der Waals surface area contributed by atoms with Crippen molar-refractivity contribution in [2.45, 2.75) is 32.4 Å². The van der Waals surface area contributed by atoms with Crippen LogP contribution in [0.2, 0.25) is 0 Å². The number of halogens is 1. The number of benzene rings is 1. The van der Waals surface area contributed by atoms with Crippen molar-refractivity contribution in [2.75, 3.05) is 11.5 Å². The van der Waals surface area contributed by atoms with E-state index in [0.717, 1.165) is 12.1 Å². The highest BCUT2D eigenvalue weighted by Gasteiger charge is 2.30. The van der Waals surface area contributed by atoms with Gasteiger partial charge in [-0.15, -0.1) is 0 Å². The molecule has 1 aliphatic heterocycles. The molecule has 1 heterocycles. The Hall–Kier alpha value is -1.96. The summed E-state index contributed by atoms with van der Waals surface area (Å²) in [5, 5.41) is 2.61. The van der Waals surface area contributed by atoms with Gasteiger partial charge in [-0.2, -0.15) is 0 Å². The quantitative estimate of drug-likeness (QED) is 0.809. The highest BCUT2D eigenvalue weighted by atomic mass is 32.2. The first-order chi connectivity index (χ1) is 10.7. The van der Waals surface area contributed by atoms with Crippen molar-refractivity contribution in [1.29, 1.82) is 0 Å². The summed E-state index contributed by atoms with van der Waals surface area (Å²) in [7, 11) is -3.09. The summed E-state index contributed by atoms with van der Waals surface area (Å²) in [6.45, 7) is 2.75. The first kappa shape index (κ1) is 17.4. The van der Waals surface area contributed by atoms with E-state index in [0.29, 0.717) is 6.42 Å². The number of Topliss-reactive ketones (excluding diaryl/α,β-unsaturated/α-hetero) is 1. The number of nitrogens with one attached hydrogen (secondary N) is 1. The van der Waals surface area contributed by atoms with Crippen molar-refractivity contribution in [1.82, 2.24) is 5.32 Å². The lowest BCUT2D eigenvalue weighted by atomic mass is 10.1. The maximum Gasteiger partial charge on any atom is 0.261 e. The molecule has 1 amide bonds. The van der Waals surface area contributed by atoms with Gasteiger partial charge in [-0.1, -0.05) is 0 Å². The zero-order valence-electron chi connectivity index (χ0n) is 12.8. The van der Waals surface area contributed by atoms with E-state index >= 15 is 0 Å². The lowest BCUT2D eigenvalue weighted by Crippen LogP contribution is -2.43. The van der Waals surface area contributed by atoms with Crippen LogP contribution in [0, 0.1) is 5.82 Å². The third-order valence-corrected chi connectivity index (χ3v) is 5.34. The summed E-state index contributed by atoms with van der Waals surface area (Å²) in [5.41, 5.74) is 0.0492. The largest absolute Gasteiger partial charge is 0.480 e. The molecule has 2 rings (SSSR count). The topological polar surface area (TPSA) is 89.5 Å². The summed E-state index contributed by atoms with van der Waals surface area (Å²) in [6.07, 6.45) is -0.572. The minimum absolute atomic E-state index is 0.0492. The van der Waals surface area contributed by atoms with E-state index < -0.39 is 33.7 Å². The molecule has 6 nitrogen and oxygen atoms in total. The van der Waals surface area contributed by atoms with Crippen LogP contribution in [0.25, 0.3) is 0 Å². The Morgan fingerprint density at radius 2 is 2.09 bits per heavy atom. The van der Waals surface area contributed by atoms with Gasteiger partial charge in [0, 0.05) is 6.04 Å². The molecule has 0 aliphatic carbocycles. The number of sulfone groups is 1. The van der Waals surface area contributed by atoms with Gasteiger partial charge < -0.3 is 10.1 Å². The number of hydrogen-bond donors (Lipinski definition) is 1. The first-order valence-corrected chi connectivity index (χ1v) is 8.98. The molecule has 1 fully saturated rings. The Kier molecular flexibility index (Phi) is 5.03. The average molecular weight is 343 g/mol. The number of ketones is 1. The predicted molar refractivity (Wildman–Crippen MR) is 81.7 cm³/mol. The molecular weight excluding hydrogens is 325 g/mol. The molecule has 8 heteroatoms. The molecule has 0 unspecified atom stereocenters. The van der Waals surface area contributed by atoms with Gasteiger partial charge in [0.05, 0.1) is 17.1 Å². The van der Waals surface area contributed by atoms with Gasteiger partial charge >= 0.3 is 0 Å². The lowest BCUT2D eigenvalue weighted by Gasteiger charge is -2.18. The van der Waals surface area contributed by atoms with E-state index in [1.54, 1.807) is 0 Å². The van der Waals surface area contributed by atoms with Crippen LogP contribution in [-0.4, -0.2) is 43.8 Å². The van der Waals surface area contributed by atoms with E-state index in [1.165, 1.54) is 19.9 Å². The Morgan fingerprint density at radius 3 is 2.65 bits per heavy atom. The fourth-order valence-electron chi connectivity index (χ4n) is 2.35. The van der Waals surface area contributed by atoms with Crippen molar-refractivity contribution in [3.05, 3.63) is 29.6 Å². The fraction of sp³-hybridized carbons (Fsp3) is 0.467. The number of hydrogen-bond acceptors (Lipinski definition) is 5. The van der Waals surface area contributed by atoms with Gasteiger partial charge in [-0.3, -0.25) is 9.59 Å². The second-order valence-electron chi connectivity index (χ2n) is 5.57. The van der Waals surface area contributed by atoms with Gasteiger partial charge in [0.1, 0.15) is 11.6 Å². The summed E-state index contributed by atoms with van der Waals surface area (Å²) in [6, 6.07) is 3.04. The molecule has 0 radical (unpaired) electrons. The zero-order chi connectivity index (χ0) is 17.2. The van der Waals surface area contributed by atoms with E-state index in [4.69, 9.17) is 4.74 Å². The Labute approximate surface area is 133 Å². The highest BCUT2D eigenvalue weighted by molar-refractivity contribution is 7.91. The van der Waals surface area contributed by atoms with Crippen LogP contribution in [0.1, 0.15) is 30.6 Å². The van der Waals surface area contributed by atoms with Gasteiger partial charge in [-0.05, 0) is 38.5 Å². The molecule has 2 atom stereocenters. The zero-order valence-corrected chi connectivity index (χ0v) is 13.7. The van der Waals surface area contributed by atoms with Crippen LogP contribution in [0.3, 0.4) is 0 Å². The molecular formula is C15H18FNO5S. The number of carbonyl (C=O) groups is 2. The maximum absolute atomic E-state index is 13.2. The normalized spacial score (nSPS) is 20.7. The first-order valence-electron chi connectivity index (χ1n) is 7.16. The fourth-order valence-corrected chi connectivity index (χ4v) is 4.02. The maximum atomic E-state index is 13.2.